The number of allylic oxidation sites excluding steroid dienone is 2. The van der Waals surface area contributed by atoms with Crippen molar-refractivity contribution in [2.24, 2.45) is 10.7 Å². The fourth-order valence-corrected chi connectivity index (χ4v) is 2.31. The molecule has 2 heterocycles. The molecule has 2 aliphatic rings. The molecular formula is C14H18F2N4O. The van der Waals surface area contributed by atoms with Crippen LogP contribution in [0.2, 0.25) is 0 Å². The fraction of sp³-hybridized carbons (Fsp3) is 0.429. The molecule has 0 aliphatic carbocycles. The Kier molecular flexibility index (Phi) is 4.72. The van der Waals surface area contributed by atoms with Crippen molar-refractivity contribution < 1.29 is 13.6 Å². The zero-order chi connectivity index (χ0) is 15.4. The summed E-state index contributed by atoms with van der Waals surface area (Å²) in [5.41, 5.74) is 5.42. The van der Waals surface area contributed by atoms with E-state index in [1.807, 2.05) is 0 Å². The van der Waals surface area contributed by atoms with E-state index in [1.165, 1.54) is 0 Å². The summed E-state index contributed by atoms with van der Waals surface area (Å²) in [6.07, 6.45) is 2.46. The predicted molar refractivity (Wildman–Crippen MR) is 76.5 cm³/mol. The van der Waals surface area contributed by atoms with Crippen LogP contribution in [0.4, 0.5) is 8.78 Å². The first-order valence-corrected chi connectivity index (χ1v) is 6.79. The van der Waals surface area contributed by atoms with Gasteiger partial charge in [-0.15, -0.1) is 0 Å². The standard InChI is InChI=1S/C14H18F2N4O/c1-9-7-11(12(15)16)19-13(18-9)10(8-17)14(21)20-5-3-2-4-6-20/h7-8,12H,1-6,17H2,(H,18,19). The van der Waals surface area contributed by atoms with Gasteiger partial charge in [0.15, 0.2) is 0 Å². The number of rotatable bonds is 3. The molecule has 1 fully saturated rings. The third kappa shape index (κ3) is 3.48. The number of nitrogens with two attached hydrogens (primary N) is 1. The second-order valence-electron chi connectivity index (χ2n) is 4.91. The molecule has 0 radical (unpaired) electrons. The first-order chi connectivity index (χ1) is 10.0. The summed E-state index contributed by atoms with van der Waals surface area (Å²) in [6.45, 7) is 4.87. The number of alkyl halides is 2. The van der Waals surface area contributed by atoms with Crippen molar-refractivity contribution in [3.63, 3.8) is 0 Å². The molecule has 2 aliphatic heterocycles. The van der Waals surface area contributed by atoms with Crippen LogP contribution in [0.1, 0.15) is 19.3 Å². The Bertz CT molecular complexity index is 531. The lowest BCUT2D eigenvalue weighted by atomic mass is 10.1. The van der Waals surface area contributed by atoms with Crippen molar-refractivity contribution in [1.82, 2.24) is 10.2 Å². The summed E-state index contributed by atoms with van der Waals surface area (Å²) in [4.78, 5) is 17.9. The highest BCUT2D eigenvalue weighted by atomic mass is 19.3. The average molecular weight is 296 g/mol. The fourth-order valence-electron chi connectivity index (χ4n) is 2.31. The normalized spacial score (nSPS) is 20.0. The van der Waals surface area contributed by atoms with E-state index in [4.69, 9.17) is 5.73 Å². The van der Waals surface area contributed by atoms with Crippen LogP contribution in [0.15, 0.2) is 40.8 Å². The smallest absolute Gasteiger partial charge is 0.280 e. The SMILES string of the molecule is C=C1C=C(C(F)F)N=C(C(=CN)C(=O)N2CCCCC2)N1. The second-order valence-corrected chi connectivity index (χ2v) is 4.91. The number of hydrogen-bond acceptors (Lipinski definition) is 4. The summed E-state index contributed by atoms with van der Waals surface area (Å²) in [5.74, 6) is -0.275. The van der Waals surface area contributed by atoms with E-state index in [1.54, 1.807) is 4.90 Å². The summed E-state index contributed by atoms with van der Waals surface area (Å²) in [6, 6.07) is 0. The van der Waals surface area contributed by atoms with Gasteiger partial charge in [-0.2, -0.15) is 0 Å². The Morgan fingerprint density at radius 3 is 2.67 bits per heavy atom. The van der Waals surface area contributed by atoms with E-state index in [0.29, 0.717) is 13.1 Å². The summed E-state index contributed by atoms with van der Waals surface area (Å²) in [5, 5.41) is 2.72. The minimum Gasteiger partial charge on any atom is -0.404 e. The summed E-state index contributed by atoms with van der Waals surface area (Å²) in [7, 11) is 0. The maximum atomic E-state index is 12.8. The molecule has 114 valence electrons. The van der Waals surface area contributed by atoms with Crippen molar-refractivity contribution in [3.8, 4) is 0 Å². The monoisotopic (exact) mass is 296 g/mol. The third-order valence-corrected chi connectivity index (χ3v) is 3.36. The van der Waals surface area contributed by atoms with Crippen LogP contribution in [0.25, 0.3) is 0 Å². The molecule has 7 heteroatoms. The van der Waals surface area contributed by atoms with Crippen LogP contribution in [-0.4, -0.2) is 36.2 Å². The number of carbonyl (C=O) groups excluding carboxylic acids is 1. The Morgan fingerprint density at radius 1 is 1.43 bits per heavy atom. The number of amides is 1. The minimum absolute atomic E-state index is 0.0240. The van der Waals surface area contributed by atoms with Gasteiger partial charge in [0.1, 0.15) is 11.5 Å². The lowest BCUT2D eigenvalue weighted by molar-refractivity contribution is -0.127. The van der Waals surface area contributed by atoms with Crippen molar-refractivity contribution >= 4 is 11.7 Å². The molecule has 21 heavy (non-hydrogen) atoms. The van der Waals surface area contributed by atoms with Crippen molar-refractivity contribution in [1.29, 1.82) is 0 Å². The number of carbonyl (C=O) groups is 1. The van der Waals surface area contributed by atoms with Crippen LogP contribution < -0.4 is 11.1 Å². The molecule has 0 spiro atoms. The molecule has 0 aromatic rings. The van der Waals surface area contributed by atoms with Gasteiger partial charge in [-0.3, -0.25) is 4.79 Å². The van der Waals surface area contributed by atoms with Crippen molar-refractivity contribution in [3.05, 3.63) is 35.8 Å². The number of halogens is 2. The van der Waals surface area contributed by atoms with Gasteiger partial charge >= 0.3 is 0 Å². The Hall–Kier alpha value is -2.18. The molecule has 2 rings (SSSR count). The largest absolute Gasteiger partial charge is 0.404 e. The van der Waals surface area contributed by atoms with Crippen LogP contribution in [-0.2, 0) is 4.79 Å². The average Bonchev–Trinajstić information content (AvgIpc) is 2.48. The minimum atomic E-state index is -2.73. The van der Waals surface area contributed by atoms with E-state index in [2.05, 4.69) is 16.9 Å². The van der Waals surface area contributed by atoms with E-state index in [-0.39, 0.29) is 23.0 Å². The second kappa shape index (κ2) is 6.51. The number of nitrogens with one attached hydrogen (secondary N) is 1. The highest BCUT2D eigenvalue weighted by Gasteiger charge is 2.26. The number of piperidine rings is 1. The quantitative estimate of drug-likeness (QED) is 0.775. The molecule has 0 atom stereocenters. The van der Waals surface area contributed by atoms with Gasteiger partial charge in [-0.25, -0.2) is 13.8 Å². The first-order valence-electron chi connectivity index (χ1n) is 6.79. The Balaban J connectivity index is 2.23. The van der Waals surface area contributed by atoms with Crippen molar-refractivity contribution in [2.75, 3.05) is 13.1 Å². The van der Waals surface area contributed by atoms with Gasteiger partial charge in [-0.1, -0.05) is 6.58 Å². The molecule has 0 saturated carbocycles. The van der Waals surface area contributed by atoms with Crippen LogP contribution in [0, 0.1) is 0 Å². The maximum Gasteiger partial charge on any atom is 0.280 e. The molecule has 0 unspecified atom stereocenters. The number of hydrogen-bond donors (Lipinski definition) is 2. The molecule has 0 aromatic carbocycles. The topological polar surface area (TPSA) is 70.7 Å². The van der Waals surface area contributed by atoms with Gasteiger partial charge in [0, 0.05) is 25.0 Å². The van der Waals surface area contributed by atoms with E-state index < -0.39 is 12.1 Å². The van der Waals surface area contributed by atoms with Crippen molar-refractivity contribution in [2.45, 2.75) is 25.7 Å². The highest BCUT2D eigenvalue weighted by Crippen LogP contribution is 2.19. The Morgan fingerprint density at radius 2 is 2.10 bits per heavy atom. The molecule has 1 saturated heterocycles. The van der Waals surface area contributed by atoms with Crippen LogP contribution in [0.3, 0.4) is 0 Å². The Labute approximate surface area is 121 Å². The van der Waals surface area contributed by atoms with Gasteiger partial charge in [0.2, 0.25) is 0 Å². The first kappa shape index (κ1) is 15.2. The lowest BCUT2D eigenvalue weighted by Crippen LogP contribution is -2.41. The van der Waals surface area contributed by atoms with Gasteiger partial charge in [0.25, 0.3) is 12.3 Å². The molecule has 0 aromatic heterocycles. The highest BCUT2D eigenvalue weighted by molar-refractivity contribution is 6.21. The van der Waals surface area contributed by atoms with Crippen LogP contribution in [0.5, 0.6) is 0 Å². The van der Waals surface area contributed by atoms with E-state index in [0.717, 1.165) is 31.5 Å². The molecule has 1 amide bonds. The molecule has 5 nitrogen and oxygen atoms in total. The number of likely N-dealkylation sites (tertiary alicyclic amines) is 1. The number of aliphatic imine (C=N–C) groups is 1. The third-order valence-electron chi connectivity index (χ3n) is 3.36. The molecule has 0 bridgehead atoms. The summed E-state index contributed by atoms with van der Waals surface area (Å²) < 4.78 is 25.6. The zero-order valence-electron chi connectivity index (χ0n) is 11.6. The maximum absolute atomic E-state index is 12.8. The van der Waals surface area contributed by atoms with Crippen LogP contribution >= 0.6 is 0 Å². The summed E-state index contributed by atoms with van der Waals surface area (Å²) >= 11 is 0. The lowest BCUT2D eigenvalue weighted by Gasteiger charge is -2.28. The van der Waals surface area contributed by atoms with Gasteiger partial charge in [0.05, 0.1) is 5.57 Å². The number of nitrogens with zero attached hydrogens (tertiary/aromatic N) is 2. The molecule has 3 N–H and O–H groups in total. The van der Waals surface area contributed by atoms with Gasteiger partial charge < -0.3 is 16.0 Å². The molecular weight excluding hydrogens is 278 g/mol. The predicted octanol–water partition coefficient (Wildman–Crippen LogP) is 1.51. The number of amidine groups is 1. The zero-order valence-corrected chi connectivity index (χ0v) is 11.6. The van der Waals surface area contributed by atoms with E-state index in [9.17, 15) is 13.6 Å². The van der Waals surface area contributed by atoms with E-state index >= 15 is 0 Å². The van der Waals surface area contributed by atoms with Gasteiger partial charge in [-0.05, 0) is 25.3 Å².